The van der Waals surface area contributed by atoms with E-state index in [-0.39, 0.29) is 0 Å². The highest BCUT2D eigenvalue weighted by Gasteiger charge is 2.09. The van der Waals surface area contributed by atoms with Crippen LogP contribution in [-0.4, -0.2) is 0 Å². The van der Waals surface area contributed by atoms with Gasteiger partial charge in [-0.2, -0.15) is 0 Å². The van der Waals surface area contributed by atoms with Crippen molar-refractivity contribution in [2.75, 3.05) is 0 Å². The van der Waals surface area contributed by atoms with Crippen molar-refractivity contribution in [1.82, 2.24) is 0 Å². The van der Waals surface area contributed by atoms with Gasteiger partial charge in [0.2, 0.25) is 0 Å². The van der Waals surface area contributed by atoms with Crippen molar-refractivity contribution in [1.29, 1.82) is 0 Å². The highest BCUT2D eigenvalue weighted by atomic mass is 14.1. The van der Waals surface area contributed by atoms with E-state index in [4.69, 9.17) is 0 Å². The largest absolute Gasteiger partial charge is 0.0654 e. The van der Waals surface area contributed by atoms with Crippen LogP contribution < -0.4 is 0 Å². The number of hydrogen-bond acceptors (Lipinski definition) is 0. The van der Waals surface area contributed by atoms with Gasteiger partial charge >= 0.3 is 0 Å². The lowest BCUT2D eigenvalue weighted by Crippen LogP contribution is -2.05. The fourth-order valence-electron chi connectivity index (χ4n) is 3.37. The maximum atomic E-state index is 2.31. The minimum Gasteiger partial charge on any atom is -0.0654 e. The standard InChI is InChI=1S/C22H38/c1-3-5-7-9-10-13-17-21(16-12-8-6-4-2)20-22-18-14-11-15-19-22/h11,14-15,18-19,21H,3-10,12-13,16-17,20H2,1-2H3. The molecule has 0 fully saturated rings. The molecular formula is C22H38. The van der Waals surface area contributed by atoms with Gasteiger partial charge in [-0.15, -0.1) is 0 Å². The van der Waals surface area contributed by atoms with Gasteiger partial charge in [-0.1, -0.05) is 121 Å². The molecule has 1 aromatic carbocycles. The van der Waals surface area contributed by atoms with Crippen LogP contribution in [0.3, 0.4) is 0 Å². The zero-order chi connectivity index (χ0) is 15.9. The molecule has 0 saturated carbocycles. The normalized spacial score (nSPS) is 12.5. The molecule has 0 amide bonds. The van der Waals surface area contributed by atoms with Gasteiger partial charge in [0.05, 0.1) is 0 Å². The highest BCUT2D eigenvalue weighted by Crippen LogP contribution is 2.22. The van der Waals surface area contributed by atoms with Crippen molar-refractivity contribution in [3.8, 4) is 0 Å². The van der Waals surface area contributed by atoms with Crippen LogP contribution in [0, 0.1) is 5.92 Å². The van der Waals surface area contributed by atoms with Gasteiger partial charge in [0.25, 0.3) is 0 Å². The highest BCUT2D eigenvalue weighted by molar-refractivity contribution is 5.15. The van der Waals surface area contributed by atoms with Crippen molar-refractivity contribution >= 4 is 0 Å². The molecule has 0 nitrogen and oxygen atoms in total. The quantitative estimate of drug-likeness (QED) is 0.311. The summed E-state index contributed by atoms with van der Waals surface area (Å²) >= 11 is 0. The fourth-order valence-corrected chi connectivity index (χ4v) is 3.37. The van der Waals surface area contributed by atoms with Crippen LogP contribution in [0.25, 0.3) is 0 Å². The zero-order valence-electron chi connectivity index (χ0n) is 15.2. The van der Waals surface area contributed by atoms with Crippen LogP contribution >= 0.6 is 0 Å². The Kier molecular flexibility index (Phi) is 12.1. The van der Waals surface area contributed by atoms with Gasteiger partial charge in [0.1, 0.15) is 0 Å². The van der Waals surface area contributed by atoms with Gasteiger partial charge in [-0.05, 0) is 17.9 Å². The molecular weight excluding hydrogens is 264 g/mol. The first kappa shape index (κ1) is 19.3. The Balaban J connectivity index is 2.27. The fraction of sp³-hybridized carbons (Fsp3) is 0.727. The summed E-state index contributed by atoms with van der Waals surface area (Å²) in [4.78, 5) is 0. The first-order valence-electron chi connectivity index (χ1n) is 9.90. The average molecular weight is 303 g/mol. The molecule has 0 aromatic heterocycles. The first-order chi connectivity index (χ1) is 10.9. The summed E-state index contributed by atoms with van der Waals surface area (Å²) in [5.74, 6) is 0.908. The Hall–Kier alpha value is -0.780. The minimum absolute atomic E-state index is 0.908. The molecule has 1 unspecified atom stereocenters. The number of unbranched alkanes of at least 4 members (excludes halogenated alkanes) is 8. The molecule has 0 bridgehead atoms. The maximum absolute atomic E-state index is 2.31. The summed E-state index contributed by atoms with van der Waals surface area (Å²) in [6, 6.07) is 11.1. The second kappa shape index (κ2) is 13.9. The second-order valence-corrected chi connectivity index (χ2v) is 6.96. The number of hydrogen-bond donors (Lipinski definition) is 0. The van der Waals surface area contributed by atoms with Crippen molar-refractivity contribution < 1.29 is 0 Å². The maximum Gasteiger partial charge on any atom is -0.0250 e. The molecule has 0 aliphatic heterocycles. The lowest BCUT2D eigenvalue weighted by atomic mass is 9.89. The third-order valence-corrected chi connectivity index (χ3v) is 4.80. The van der Waals surface area contributed by atoms with Crippen molar-refractivity contribution in [3.63, 3.8) is 0 Å². The Labute approximate surface area is 139 Å². The Morgan fingerprint density at radius 3 is 1.73 bits per heavy atom. The monoisotopic (exact) mass is 302 g/mol. The van der Waals surface area contributed by atoms with Crippen LogP contribution in [0.1, 0.15) is 96.5 Å². The van der Waals surface area contributed by atoms with Crippen LogP contribution in [0.15, 0.2) is 30.3 Å². The minimum atomic E-state index is 0.908. The van der Waals surface area contributed by atoms with Gasteiger partial charge in [0.15, 0.2) is 0 Å². The van der Waals surface area contributed by atoms with Gasteiger partial charge in [-0.25, -0.2) is 0 Å². The van der Waals surface area contributed by atoms with E-state index in [2.05, 4.69) is 44.2 Å². The van der Waals surface area contributed by atoms with Crippen LogP contribution in [0.2, 0.25) is 0 Å². The molecule has 0 spiro atoms. The van der Waals surface area contributed by atoms with E-state index in [9.17, 15) is 0 Å². The molecule has 126 valence electrons. The van der Waals surface area contributed by atoms with E-state index in [1.54, 1.807) is 0 Å². The van der Waals surface area contributed by atoms with E-state index >= 15 is 0 Å². The third-order valence-electron chi connectivity index (χ3n) is 4.80. The van der Waals surface area contributed by atoms with Crippen molar-refractivity contribution in [2.45, 2.75) is 97.3 Å². The molecule has 1 aromatic rings. The van der Waals surface area contributed by atoms with Crippen molar-refractivity contribution in [3.05, 3.63) is 35.9 Å². The van der Waals surface area contributed by atoms with Gasteiger partial charge in [-0.3, -0.25) is 0 Å². The van der Waals surface area contributed by atoms with Crippen LogP contribution in [0.5, 0.6) is 0 Å². The summed E-state index contributed by atoms with van der Waals surface area (Å²) in [5, 5.41) is 0. The molecule has 1 rings (SSSR count). The molecule has 0 heterocycles. The van der Waals surface area contributed by atoms with Gasteiger partial charge < -0.3 is 0 Å². The van der Waals surface area contributed by atoms with E-state index in [0.717, 1.165) is 5.92 Å². The summed E-state index contributed by atoms with van der Waals surface area (Å²) < 4.78 is 0. The van der Waals surface area contributed by atoms with E-state index in [1.165, 1.54) is 89.0 Å². The average Bonchev–Trinajstić information content (AvgIpc) is 2.55. The lowest BCUT2D eigenvalue weighted by molar-refractivity contribution is 0.402. The van der Waals surface area contributed by atoms with Crippen LogP contribution in [0.4, 0.5) is 0 Å². The first-order valence-corrected chi connectivity index (χ1v) is 9.90. The lowest BCUT2D eigenvalue weighted by Gasteiger charge is -2.17. The topological polar surface area (TPSA) is 0 Å². The SMILES string of the molecule is CCCCCCCCC(CCCCCC)Cc1ccccc1. The summed E-state index contributed by atoms with van der Waals surface area (Å²) in [6.07, 6.45) is 18.3. The zero-order valence-corrected chi connectivity index (χ0v) is 15.2. The Morgan fingerprint density at radius 1 is 0.636 bits per heavy atom. The molecule has 0 saturated heterocycles. The predicted molar refractivity (Wildman–Crippen MR) is 100 cm³/mol. The molecule has 0 N–H and O–H groups in total. The summed E-state index contributed by atoms with van der Waals surface area (Å²) in [5.41, 5.74) is 1.54. The van der Waals surface area contributed by atoms with E-state index in [0.29, 0.717) is 0 Å². The van der Waals surface area contributed by atoms with Gasteiger partial charge in [0, 0.05) is 0 Å². The third kappa shape index (κ3) is 10.0. The predicted octanol–water partition coefficient (Wildman–Crippen LogP) is 7.57. The molecule has 0 aliphatic rings. The Bertz CT molecular complexity index is 327. The second-order valence-electron chi connectivity index (χ2n) is 6.96. The summed E-state index contributed by atoms with van der Waals surface area (Å²) in [6.45, 7) is 4.60. The smallest absolute Gasteiger partial charge is 0.0250 e. The number of rotatable bonds is 14. The molecule has 0 radical (unpaired) electrons. The molecule has 0 heteroatoms. The van der Waals surface area contributed by atoms with Crippen molar-refractivity contribution in [2.24, 2.45) is 5.92 Å². The molecule has 1 atom stereocenters. The summed E-state index contributed by atoms with van der Waals surface area (Å²) in [7, 11) is 0. The Morgan fingerprint density at radius 2 is 1.14 bits per heavy atom. The van der Waals surface area contributed by atoms with Crippen LogP contribution in [-0.2, 0) is 6.42 Å². The van der Waals surface area contributed by atoms with E-state index < -0.39 is 0 Å². The molecule has 0 aliphatic carbocycles. The number of benzene rings is 1. The van der Waals surface area contributed by atoms with E-state index in [1.807, 2.05) is 0 Å². The molecule has 22 heavy (non-hydrogen) atoms.